The minimum atomic E-state index is -0.940. The molecule has 2 fully saturated rings. The molecule has 2 aliphatic rings. The lowest BCUT2D eigenvalue weighted by Gasteiger charge is -2.19. The molecule has 0 aliphatic heterocycles. The van der Waals surface area contributed by atoms with E-state index in [-0.39, 0.29) is 11.6 Å². The minimum absolute atomic E-state index is 0.0126. The molecule has 21 heteroatoms. The van der Waals surface area contributed by atoms with Crippen LogP contribution in [-0.4, -0.2) is 54.5 Å². The summed E-state index contributed by atoms with van der Waals surface area (Å²) in [5.41, 5.74) is 8.18. The first-order chi connectivity index (χ1) is 35.1. The third-order valence-electron chi connectivity index (χ3n) is 11.9. The lowest BCUT2D eigenvalue weighted by molar-refractivity contribution is -0.392. The van der Waals surface area contributed by atoms with E-state index >= 15 is 0 Å². The Labute approximate surface area is 433 Å². The van der Waals surface area contributed by atoms with E-state index < -0.39 is 45.3 Å². The average Bonchev–Trinajstić information content (AvgIpc) is 4.27. The van der Waals surface area contributed by atoms with Gasteiger partial charge in [0.25, 0.3) is 0 Å². The standard InChI is InChI=1S/C26H23BrFN5O3.C21H22FN3O.C5H2BrFN2O2/c1-16(36-24-10-20(27)13-30-26(24)33(34)35)23-11-21(28)6-7-22(23)25-19(3-2-8-29-25)9-18-12-31-32(15-18)14-17-4-5-17;1-14(26)20-10-18(22)6-7-19(20)21-17(3-2-8-23-21)9-16-11-24-25(13-16)12-15-4-5-15;6-3-1-4(7)5(8-2-3)9(10)11/h2-3,6-8,10-13,15-17H,4-5,9,14H2,1H3;2-3,6-8,10-11,13-15,26H,4-5,9,12H2,1H3;1-2H/t16-;14-;/m11./s1. The number of benzene rings is 2. The number of hydrogen-bond donors (Lipinski definition) is 1. The molecule has 0 spiro atoms. The van der Waals surface area contributed by atoms with Crippen molar-refractivity contribution in [1.29, 1.82) is 0 Å². The molecule has 0 unspecified atom stereocenters. The predicted octanol–water partition coefficient (Wildman–Crippen LogP) is 12.3. The Morgan fingerprint density at radius 3 is 1.63 bits per heavy atom. The first-order valence-corrected chi connectivity index (χ1v) is 24.8. The fraction of sp³-hybridized carbons (Fsp3) is 0.269. The van der Waals surface area contributed by atoms with Gasteiger partial charge in [-0.15, -0.1) is 0 Å². The van der Waals surface area contributed by atoms with Gasteiger partial charge in [-0.2, -0.15) is 14.6 Å². The maximum Gasteiger partial charge on any atom is 0.406 e. The Morgan fingerprint density at radius 2 is 1.15 bits per heavy atom. The van der Waals surface area contributed by atoms with Crippen LogP contribution in [0.25, 0.3) is 22.5 Å². The molecule has 8 aromatic rings. The third kappa shape index (κ3) is 14.1. The summed E-state index contributed by atoms with van der Waals surface area (Å²) in [7, 11) is 0. The molecule has 6 aromatic heterocycles. The van der Waals surface area contributed by atoms with Crippen molar-refractivity contribution in [3.63, 3.8) is 0 Å². The number of aliphatic hydroxyl groups excluding tert-OH is 1. The molecule has 10 rings (SSSR count). The number of halogens is 5. The molecule has 376 valence electrons. The van der Waals surface area contributed by atoms with E-state index in [1.807, 2.05) is 46.0 Å². The van der Waals surface area contributed by atoms with E-state index in [1.165, 1.54) is 68.4 Å². The Kier molecular flexibility index (Phi) is 16.8. The second-order valence-electron chi connectivity index (χ2n) is 17.8. The van der Waals surface area contributed by atoms with Gasteiger partial charge in [0.15, 0.2) is 12.4 Å². The van der Waals surface area contributed by atoms with Crippen LogP contribution in [-0.2, 0) is 25.9 Å². The maximum absolute atomic E-state index is 14.4. The number of ether oxygens (including phenoxy) is 1. The van der Waals surface area contributed by atoms with Gasteiger partial charge in [0.2, 0.25) is 11.6 Å². The number of aliphatic hydroxyl groups is 1. The Bertz CT molecular complexity index is 3260. The van der Waals surface area contributed by atoms with Crippen LogP contribution >= 0.6 is 31.9 Å². The quantitative estimate of drug-likeness (QED) is 0.0709. The fourth-order valence-electron chi connectivity index (χ4n) is 8.03. The molecule has 2 atom stereocenters. The number of nitro groups is 2. The topological polar surface area (TPSA) is 203 Å². The zero-order chi connectivity index (χ0) is 51.8. The van der Waals surface area contributed by atoms with Crippen molar-refractivity contribution < 1.29 is 32.9 Å². The molecule has 2 aromatic carbocycles. The second-order valence-corrected chi connectivity index (χ2v) is 19.6. The summed E-state index contributed by atoms with van der Waals surface area (Å²) in [6.45, 7) is 5.29. The van der Waals surface area contributed by atoms with Gasteiger partial charge in [-0.05, 0) is 179 Å². The number of rotatable bonds is 16. The Balaban J connectivity index is 0.000000167. The van der Waals surface area contributed by atoms with E-state index in [1.54, 1.807) is 38.4 Å². The van der Waals surface area contributed by atoms with E-state index in [0.717, 1.165) is 64.5 Å². The summed E-state index contributed by atoms with van der Waals surface area (Å²) in [5.74, 6) is -1.41. The van der Waals surface area contributed by atoms with E-state index in [4.69, 9.17) is 4.74 Å². The molecule has 2 aliphatic carbocycles. The molecule has 6 heterocycles. The summed E-state index contributed by atoms with van der Waals surface area (Å²) >= 11 is 6.19. The summed E-state index contributed by atoms with van der Waals surface area (Å²) in [4.78, 5) is 36.2. The maximum atomic E-state index is 14.4. The van der Waals surface area contributed by atoms with Crippen LogP contribution in [0.15, 0.2) is 131 Å². The van der Waals surface area contributed by atoms with Crippen LogP contribution in [0.5, 0.6) is 5.75 Å². The van der Waals surface area contributed by atoms with Crippen LogP contribution in [0.1, 0.15) is 85.1 Å². The van der Waals surface area contributed by atoms with Crippen LogP contribution < -0.4 is 4.74 Å². The molecule has 2 saturated carbocycles. The number of nitrogens with zero attached hydrogens (tertiary/aromatic N) is 10. The molecule has 0 bridgehead atoms. The lowest BCUT2D eigenvalue weighted by atomic mass is 9.95. The summed E-state index contributed by atoms with van der Waals surface area (Å²) in [5, 5.41) is 40.5. The Hall–Kier alpha value is -7.23. The molecular formula is C52H47Br2F3N10O6. The summed E-state index contributed by atoms with van der Waals surface area (Å²) in [6.07, 6.45) is 18.8. The fourth-order valence-corrected chi connectivity index (χ4v) is 8.64. The lowest BCUT2D eigenvalue weighted by Crippen LogP contribution is -2.09. The van der Waals surface area contributed by atoms with E-state index in [0.29, 0.717) is 44.2 Å². The Morgan fingerprint density at radius 1 is 0.671 bits per heavy atom. The van der Waals surface area contributed by atoms with Gasteiger partial charge < -0.3 is 30.1 Å². The zero-order valence-corrected chi connectivity index (χ0v) is 42.5. The predicted molar refractivity (Wildman–Crippen MR) is 272 cm³/mol. The monoisotopic (exact) mass is 1120 g/mol. The van der Waals surface area contributed by atoms with Crippen molar-refractivity contribution in [2.45, 2.75) is 77.7 Å². The second kappa shape index (κ2) is 23.5. The SMILES string of the molecule is C[C@@H](O)c1cc(F)ccc1-c1ncccc1Cc1cnn(CC2CC2)c1.C[C@@H](Oc1cc(Br)cnc1[N+](=O)[O-])c1cc(F)ccc1-c1ncccc1Cc1cnn(CC2CC2)c1.O=[N+]([O-])c1ncc(Br)cc1F. The van der Waals surface area contributed by atoms with Crippen LogP contribution in [0, 0.1) is 49.5 Å². The van der Waals surface area contributed by atoms with Gasteiger partial charge >= 0.3 is 11.6 Å². The van der Waals surface area contributed by atoms with Gasteiger partial charge in [-0.1, -0.05) is 12.1 Å². The number of aromatic nitrogens is 8. The first-order valence-electron chi connectivity index (χ1n) is 23.2. The van der Waals surface area contributed by atoms with Gasteiger partial charge in [0.05, 0.1) is 38.8 Å². The van der Waals surface area contributed by atoms with Crippen LogP contribution in [0.3, 0.4) is 0 Å². The normalized spacial score (nSPS) is 13.8. The largest absolute Gasteiger partial charge is 0.478 e. The van der Waals surface area contributed by atoms with E-state index in [2.05, 4.69) is 74.4 Å². The van der Waals surface area contributed by atoms with Gasteiger partial charge in [-0.25, -0.2) is 8.78 Å². The van der Waals surface area contributed by atoms with Crippen LogP contribution in [0.2, 0.25) is 0 Å². The minimum Gasteiger partial charge on any atom is -0.478 e. The number of pyridine rings is 4. The molecule has 1 N–H and O–H groups in total. The first kappa shape index (κ1) is 52.1. The molecule has 73 heavy (non-hydrogen) atoms. The van der Waals surface area contributed by atoms with Crippen molar-refractivity contribution in [3.05, 3.63) is 202 Å². The van der Waals surface area contributed by atoms with Crippen molar-refractivity contribution in [3.8, 4) is 28.3 Å². The van der Waals surface area contributed by atoms with E-state index in [9.17, 15) is 38.5 Å². The average molecular weight is 1120 g/mol. The van der Waals surface area contributed by atoms with Gasteiger partial charge in [-0.3, -0.25) is 19.3 Å². The zero-order valence-electron chi connectivity index (χ0n) is 39.4. The molecule has 16 nitrogen and oxygen atoms in total. The highest BCUT2D eigenvalue weighted by Crippen LogP contribution is 2.37. The highest BCUT2D eigenvalue weighted by atomic mass is 79.9. The van der Waals surface area contributed by atoms with Crippen molar-refractivity contribution in [2.24, 2.45) is 11.8 Å². The third-order valence-corrected chi connectivity index (χ3v) is 12.8. The van der Waals surface area contributed by atoms with Gasteiger partial charge in [0.1, 0.15) is 17.7 Å². The van der Waals surface area contributed by atoms with Crippen molar-refractivity contribution in [1.82, 2.24) is 39.5 Å². The van der Waals surface area contributed by atoms with Crippen LogP contribution in [0.4, 0.5) is 24.8 Å². The summed E-state index contributed by atoms with van der Waals surface area (Å²) in [6, 6.07) is 19.2. The molecule has 0 amide bonds. The van der Waals surface area contributed by atoms with Gasteiger partial charge in [0, 0.05) is 79.5 Å². The summed E-state index contributed by atoms with van der Waals surface area (Å²) < 4.78 is 51.4. The molecule has 0 radical (unpaired) electrons. The highest BCUT2D eigenvalue weighted by molar-refractivity contribution is 9.10. The highest BCUT2D eigenvalue weighted by Gasteiger charge is 2.26. The molecule has 0 saturated heterocycles. The van der Waals surface area contributed by atoms with Crippen molar-refractivity contribution >= 4 is 43.5 Å². The number of hydrogen-bond acceptors (Lipinski definition) is 12. The molecular weight excluding hydrogens is 1080 g/mol. The van der Waals surface area contributed by atoms with Crippen molar-refractivity contribution in [2.75, 3.05) is 0 Å². The smallest absolute Gasteiger partial charge is 0.406 e.